The molecule has 0 aliphatic rings. The summed E-state index contributed by atoms with van der Waals surface area (Å²) in [5.41, 5.74) is 3.26. The summed E-state index contributed by atoms with van der Waals surface area (Å²) in [7, 11) is 1.66. The van der Waals surface area contributed by atoms with Gasteiger partial charge in [-0.05, 0) is 43.2 Å². The maximum Gasteiger partial charge on any atom is 0.192 e. The minimum absolute atomic E-state index is 0.258. The smallest absolute Gasteiger partial charge is 0.192 e. The molecule has 0 aliphatic carbocycles. The van der Waals surface area contributed by atoms with Crippen molar-refractivity contribution < 1.29 is 4.74 Å². The Balaban J connectivity index is 1.84. The minimum Gasteiger partial charge on any atom is -0.383 e. The SMILES string of the molecule is COCCn1c(S[C@@H](C#N)Cc2ccc(C)cc2)nnc1-c1ccc(Cl)cc1. The Morgan fingerprint density at radius 1 is 1.14 bits per heavy atom. The van der Waals surface area contributed by atoms with Gasteiger partial charge in [0, 0.05) is 17.7 Å². The van der Waals surface area contributed by atoms with Crippen molar-refractivity contribution in [2.24, 2.45) is 0 Å². The molecule has 3 rings (SSSR count). The van der Waals surface area contributed by atoms with Crippen molar-refractivity contribution >= 4 is 23.4 Å². The highest BCUT2D eigenvalue weighted by atomic mass is 35.5. The highest BCUT2D eigenvalue weighted by Crippen LogP contribution is 2.29. The second kappa shape index (κ2) is 9.74. The van der Waals surface area contributed by atoms with Crippen LogP contribution in [0.4, 0.5) is 0 Å². The molecule has 0 radical (unpaired) electrons. The van der Waals surface area contributed by atoms with Crippen LogP contribution in [0.2, 0.25) is 5.02 Å². The molecule has 0 unspecified atom stereocenters. The number of rotatable bonds is 8. The number of hydrogen-bond acceptors (Lipinski definition) is 5. The molecular weight excluding hydrogens is 392 g/mol. The van der Waals surface area contributed by atoms with Crippen molar-refractivity contribution in [2.75, 3.05) is 13.7 Å². The van der Waals surface area contributed by atoms with E-state index in [9.17, 15) is 5.26 Å². The average molecular weight is 413 g/mol. The highest BCUT2D eigenvalue weighted by molar-refractivity contribution is 8.00. The molecular formula is C21H21ClN4OS. The highest BCUT2D eigenvalue weighted by Gasteiger charge is 2.19. The third kappa shape index (κ3) is 5.14. The van der Waals surface area contributed by atoms with Crippen LogP contribution < -0.4 is 0 Å². The van der Waals surface area contributed by atoms with Crippen molar-refractivity contribution in [3.8, 4) is 17.5 Å². The van der Waals surface area contributed by atoms with Crippen molar-refractivity contribution in [2.45, 2.75) is 30.3 Å². The summed E-state index contributed by atoms with van der Waals surface area (Å²) >= 11 is 7.43. The zero-order chi connectivity index (χ0) is 19.9. The van der Waals surface area contributed by atoms with Crippen LogP contribution >= 0.6 is 23.4 Å². The number of ether oxygens (including phenoxy) is 1. The van der Waals surface area contributed by atoms with Gasteiger partial charge in [-0.25, -0.2) is 0 Å². The van der Waals surface area contributed by atoms with Gasteiger partial charge >= 0.3 is 0 Å². The number of nitriles is 1. The van der Waals surface area contributed by atoms with Crippen LogP contribution in [0.25, 0.3) is 11.4 Å². The van der Waals surface area contributed by atoms with E-state index in [0.717, 1.165) is 17.0 Å². The first-order chi connectivity index (χ1) is 13.6. The second-order valence-corrected chi connectivity index (χ2v) is 7.99. The molecule has 0 aliphatic heterocycles. The van der Waals surface area contributed by atoms with Crippen molar-refractivity contribution in [3.63, 3.8) is 0 Å². The van der Waals surface area contributed by atoms with Gasteiger partial charge in [-0.15, -0.1) is 10.2 Å². The van der Waals surface area contributed by atoms with Crippen molar-refractivity contribution in [1.82, 2.24) is 14.8 Å². The molecule has 0 N–H and O–H groups in total. The number of benzene rings is 2. The number of hydrogen-bond donors (Lipinski definition) is 0. The van der Waals surface area contributed by atoms with E-state index in [1.165, 1.54) is 17.3 Å². The molecule has 0 fully saturated rings. The lowest BCUT2D eigenvalue weighted by molar-refractivity contribution is 0.185. The molecule has 2 aromatic carbocycles. The third-order valence-electron chi connectivity index (χ3n) is 4.27. The lowest BCUT2D eigenvalue weighted by atomic mass is 10.1. The third-order valence-corrected chi connectivity index (χ3v) is 5.59. The first-order valence-corrected chi connectivity index (χ1v) is 10.2. The van der Waals surface area contributed by atoms with Gasteiger partial charge < -0.3 is 4.74 Å². The van der Waals surface area contributed by atoms with Crippen molar-refractivity contribution in [1.29, 1.82) is 5.26 Å². The normalized spacial score (nSPS) is 11.9. The first kappa shape index (κ1) is 20.4. The Hall–Kier alpha value is -2.33. The van der Waals surface area contributed by atoms with E-state index in [-0.39, 0.29) is 5.25 Å². The standard InChI is InChI=1S/C21H21ClN4OS/c1-15-3-5-16(6-4-15)13-19(14-23)28-21-25-24-20(26(21)11-12-27-2)17-7-9-18(22)10-8-17/h3-10,19H,11-13H2,1-2H3/t19-/m1/s1. The number of nitrogens with zero attached hydrogens (tertiary/aromatic N) is 4. The fourth-order valence-electron chi connectivity index (χ4n) is 2.75. The number of thioether (sulfide) groups is 1. The van der Waals surface area contributed by atoms with Gasteiger partial charge in [0.25, 0.3) is 0 Å². The molecule has 0 amide bonds. The summed E-state index contributed by atoms with van der Waals surface area (Å²) in [5, 5.41) is 19.5. The van der Waals surface area contributed by atoms with Gasteiger partial charge in [-0.1, -0.05) is 53.2 Å². The van der Waals surface area contributed by atoms with E-state index >= 15 is 0 Å². The molecule has 1 aromatic heterocycles. The van der Waals surface area contributed by atoms with Crippen LogP contribution in [-0.2, 0) is 17.7 Å². The van der Waals surface area contributed by atoms with Gasteiger partial charge in [-0.3, -0.25) is 4.57 Å². The summed E-state index contributed by atoms with van der Waals surface area (Å²) in [4.78, 5) is 0. The Bertz CT molecular complexity index is 948. The molecule has 1 atom stereocenters. The Morgan fingerprint density at radius 2 is 1.86 bits per heavy atom. The number of methoxy groups -OCH3 is 1. The summed E-state index contributed by atoms with van der Waals surface area (Å²) in [6.07, 6.45) is 0.648. The van der Waals surface area contributed by atoms with Gasteiger partial charge in [0.1, 0.15) is 5.25 Å². The fraction of sp³-hybridized carbons (Fsp3) is 0.286. The monoisotopic (exact) mass is 412 g/mol. The summed E-state index contributed by atoms with van der Waals surface area (Å²) < 4.78 is 7.24. The van der Waals surface area contributed by atoms with E-state index in [4.69, 9.17) is 16.3 Å². The van der Waals surface area contributed by atoms with E-state index in [0.29, 0.717) is 29.8 Å². The maximum absolute atomic E-state index is 9.66. The van der Waals surface area contributed by atoms with Gasteiger partial charge in [0.15, 0.2) is 11.0 Å². The largest absolute Gasteiger partial charge is 0.383 e. The van der Waals surface area contributed by atoms with E-state index in [1.54, 1.807) is 7.11 Å². The molecule has 0 saturated carbocycles. The van der Waals surface area contributed by atoms with Crippen LogP contribution in [0.1, 0.15) is 11.1 Å². The van der Waals surface area contributed by atoms with Crippen LogP contribution in [0.3, 0.4) is 0 Å². The number of halogens is 1. The van der Waals surface area contributed by atoms with Crippen LogP contribution in [-0.4, -0.2) is 33.7 Å². The lowest BCUT2D eigenvalue weighted by Crippen LogP contribution is -2.10. The molecule has 0 bridgehead atoms. The van der Waals surface area contributed by atoms with E-state index in [1.807, 2.05) is 28.8 Å². The molecule has 0 saturated heterocycles. The summed E-state index contributed by atoms with van der Waals surface area (Å²) in [6, 6.07) is 18.1. The Morgan fingerprint density at radius 3 is 2.50 bits per heavy atom. The van der Waals surface area contributed by atoms with Gasteiger partial charge in [0.05, 0.1) is 19.2 Å². The average Bonchev–Trinajstić information content (AvgIpc) is 3.10. The summed E-state index contributed by atoms with van der Waals surface area (Å²) in [6.45, 7) is 3.19. The molecule has 28 heavy (non-hydrogen) atoms. The number of aromatic nitrogens is 3. The van der Waals surface area contributed by atoms with Crippen molar-refractivity contribution in [3.05, 3.63) is 64.7 Å². The fourth-order valence-corrected chi connectivity index (χ4v) is 3.85. The quantitative estimate of drug-likeness (QED) is 0.498. The molecule has 1 heterocycles. The lowest BCUT2D eigenvalue weighted by Gasteiger charge is -2.12. The van der Waals surface area contributed by atoms with Crippen LogP contribution in [0.15, 0.2) is 53.7 Å². The minimum atomic E-state index is -0.258. The molecule has 5 nitrogen and oxygen atoms in total. The second-order valence-electron chi connectivity index (χ2n) is 6.38. The Kier molecular flexibility index (Phi) is 7.10. The first-order valence-electron chi connectivity index (χ1n) is 8.90. The molecule has 144 valence electrons. The Labute approximate surface area is 174 Å². The van der Waals surface area contributed by atoms with E-state index in [2.05, 4.69) is 47.5 Å². The topological polar surface area (TPSA) is 63.7 Å². The number of aryl methyl sites for hydroxylation is 1. The zero-order valence-corrected chi connectivity index (χ0v) is 17.4. The van der Waals surface area contributed by atoms with Crippen LogP contribution in [0, 0.1) is 18.3 Å². The van der Waals surface area contributed by atoms with Gasteiger partial charge in [0.2, 0.25) is 0 Å². The maximum atomic E-state index is 9.66. The molecule has 7 heteroatoms. The van der Waals surface area contributed by atoms with Crippen LogP contribution in [0.5, 0.6) is 0 Å². The zero-order valence-electron chi connectivity index (χ0n) is 15.8. The molecule has 3 aromatic rings. The predicted octanol–water partition coefficient (Wildman–Crippen LogP) is 4.78. The van der Waals surface area contributed by atoms with E-state index < -0.39 is 0 Å². The molecule has 0 spiro atoms. The predicted molar refractivity (Wildman–Crippen MR) is 112 cm³/mol. The van der Waals surface area contributed by atoms with Gasteiger partial charge in [-0.2, -0.15) is 5.26 Å². The summed E-state index contributed by atoms with van der Waals surface area (Å²) in [5.74, 6) is 0.739.